The molecule has 0 saturated heterocycles. The maximum absolute atomic E-state index is 10.9. The Morgan fingerprint density at radius 1 is 1.50 bits per heavy atom. The number of carbonyl (C=O) groups excluding carboxylic acids is 3. The van der Waals surface area contributed by atoms with Gasteiger partial charge in [0.05, 0.1) is 5.57 Å². The molecular weight excluding hydrogens is 192 g/mol. The van der Waals surface area contributed by atoms with Crippen LogP contribution in [0.2, 0.25) is 0 Å². The summed E-state index contributed by atoms with van der Waals surface area (Å²) in [5.74, 6) is -1.90. The number of imide groups is 1. The van der Waals surface area contributed by atoms with Crippen LogP contribution in [0.4, 0.5) is 4.79 Å². The maximum atomic E-state index is 10.9. The Labute approximate surface area is 77.2 Å². The van der Waals surface area contributed by atoms with Gasteiger partial charge in [-0.05, 0) is 12.5 Å². The molecule has 0 unspecified atom stereocenters. The molecule has 0 aromatic rings. The molecule has 0 aromatic heterocycles. The predicted molar refractivity (Wildman–Crippen MR) is 41.5 cm³/mol. The first-order valence-electron chi connectivity index (χ1n) is 3.39. The van der Waals surface area contributed by atoms with E-state index in [0.29, 0.717) is 0 Å². The Hall–Kier alpha value is -2.34. The monoisotopic (exact) mass is 196 g/mol. The van der Waals surface area contributed by atoms with E-state index in [4.69, 9.17) is 5.53 Å². The van der Waals surface area contributed by atoms with Crippen LogP contribution >= 0.6 is 0 Å². The van der Waals surface area contributed by atoms with Crippen molar-refractivity contribution in [3.05, 3.63) is 21.8 Å². The molecule has 0 atom stereocenters. The van der Waals surface area contributed by atoms with Crippen molar-refractivity contribution in [3.8, 4) is 0 Å². The van der Waals surface area contributed by atoms with Gasteiger partial charge in [-0.2, -0.15) is 0 Å². The zero-order valence-electron chi connectivity index (χ0n) is 6.97. The molecule has 0 aromatic carbocycles. The third kappa shape index (κ3) is 1.70. The van der Waals surface area contributed by atoms with Crippen LogP contribution in [0.25, 0.3) is 10.4 Å². The van der Waals surface area contributed by atoms with Gasteiger partial charge in [0.2, 0.25) is 5.76 Å². The summed E-state index contributed by atoms with van der Waals surface area (Å²) >= 11 is 0. The minimum Gasteiger partial charge on any atom is -0.415 e. The zero-order chi connectivity index (χ0) is 10.7. The molecule has 3 amide bonds. The van der Waals surface area contributed by atoms with Gasteiger partial charge < -0.3 is 4.74 Å². The summed E-state index contributed by atoms with van der Waals surface area (Å²) < 4.78 is 4.33. The third-order valence-electron chi connectivity index (χ3n) is 1.43. The number of carbonyl (C=O) groups is 3. The number of rotatable bonds is 1. The van der Waals surface area contributed by atoms with Crippen molar-refractivity contribution < 1.29 is 19.1 Å². The van der Waals surface area contributed by atoms with E-state index in [1.54, 1.807) is 0 Å². The minimum atomic E-state index is -1.29. The SMILES string of the molecule is CC1=C(OC(=O)N=[N+]=[N-])C(=O)NC1=O. The number of nitrogens with zero attached hydrogens (tertiary/aromatic N) is 3. The van der Waals surface area contributed by atoms with E-state index in [0.717, 1.165) is 0 Å². The first-order chi connectivity index (χ1) is 6.56. The van der Waals surface area contributed by atoms with Crippen LogP contribution in [0.3, 0.4) is 0 Å². The van der Waals surface area contributed by atoms with Crippen molar-refractivity contribution in [1.29, 1.82) is 0 Å². The standard InChI is InChI=1S/C6H4N4O4/c1-2-3(5(12)8-4(2)11)14-6(13)9-10-7/h1H3,(H,8,11,12). The molecule has 1 aliphatic heterocycles. The molecule has 0 saturated carbocycles. The summed E-state index contributed by atoms with van der Waals surface area (Å²) in [4.78, 5) is 34.6. The second-order valence-electron chi connectivity index (χ2n) is 2.29. The van der Waals surface area contributed by atoms with Gasteiger partial charge in [-0.15, -0.1) is 0 Å². The highest BCUT2D eigenvalue weighted by molar-refractivity contribution is 6.18. The smallest absolute Gasteiger partial charge is 0.402 e. The van der Waals surface area contributed by atoms with Gasteiger partial charge in [-0.1, -0.05) is 0 Å². The Morgan fingerprint density at radius 3 is 2.57 bits per heavy atom. The van der Waals surface area contributed by atoms with E-state index in [1.165, 1.54) is 6.92 Å². The molecular formula is C6H4N4O4. The molecule has 72 valence electrons. The van der Waals surface area contributed by atoms with Crippen molar-refractivity contribution in [1.82, 2.24) is 5.32 Å². The van der Waals surface area contributed by atoms with Crippen LogP contribution in [0.1, 0.15) is 6.92 Å². The van der Waals surface area contributed by atoms with E-state index < -0.39 is 23.7 Å². The minimum absolute atomic E-state index is 0.0310. The van der Waals surface area contributed by atoms with Gasteiger partial charge in [0.15, 0.2) is 0 Å². The summed E-state index contributed by atoms with van der Waals surface area (Å²) in [7, 11) is 0. The number of ether oxygens (including phenoxy) is 1. The Bertz CT molecular complexity index is 404. The zero-order valence-corrected chi connectivity index (χ0v) is 6.97. The summed E-state index contributed by atoms with van der Waals surface area (Å²) in [6, 6.07) is 0. The number of amides is 3. The molecule has 0 fully saturated rings. The summed E-state index contributed by atoms with van der Waals surface area (Å²) in [5, 5.41) is 4.48. The van der Waals surface area contributed by atoms with Crippen LogP contribution < -0.4 is 5.32 Å². The van der Waals surface area contributed by atoms with E-state index in [-0.39, 0.29) is 5.57 Å². The lowest BCUT2D eigenvalue weighted by atomic mass is 10.3. The molecule has 1 N–H and O–H groups in total. The van der Waals surface area contributed by atoms with Gasteiger partial charge in [0.25, 0.3) is 11.8 Å². The first kappa shape index (κ1) is 9.75. The van der Waals surface area contributed by atoms with Crippen molar-refractivity contribution in [2.75, 3.05) is 0 Å². The molecule has 1 aliphatic rings. The lowest BCUT2D eigenvalue weighted by molar-refractivity contribution is -0.125. The average Bonchev–Trinajstić information content (AvgIpc) is 2.33. The third-order valence-corrected chi connectivity index (χ3v) is 1.43. The predicted octanol–water partition coefficient (Wildman–Crippen LogP) is 0.364. The van der Waals surface area contributed by atoms with E-state index in [9.17, 15) is 14.4 Å². The van der Waals surface area contributed by atoms with Gasteiger partial charge in [-0.3, -0.25) is 14.9 Å². The lowest BCUT2D eigenvalue weighted by Crippen LogP contribution is -2.23. The maximum Gasteiger partial charge on any atom is 0.402 e. The molecule has 0 radical (unpaired) electrons. The van der Waals surface area contributed by atoms with E-state index in [1.807, 2.05) is 5.32 Å². The van der Waals surface area contributed by atoms with Crippen LogP contribution in [0, 0.1) is 0 Å². The van der Waals surface area contributed by atoms with Crippen molar-refractivity contribution in [2.45, 2.75) is 6.92 Å². The fraction of sp³-hybridized carbons (Fsp3) is 0.167. The van der Waals surface area contributed by atoms with Crippen LogP contribution in [0.5, 0.6) is 0 Å². The van der Waals surface area contributed by atoms with Crippen LogP contribution in [-0.2, 0) is 14.3 Å². The summed E-state index contributed by atoms with van der Waals surface area (Å²) in [6.45, 7) is 1.30. The highest BCUT2D eigenvalue weighted by atomic mass is 16.6. The number of nitrogens with one attached hydrogen (secondary N) is 1. The second kappa shape index (κ2) is 3.58. The lowest BCUT2D eigenvalue weighted by Gasteiger charge is -1.97. The molecule has 0 spiro atoms. The topological polar surface area (TPSA) is 121 Å². The number of azide groups is 1. The molecule has 0 bridgehead atoms. The Morgan fingerprint density at radius 2 is 2.14 bits per heavy atom. The number of hydrogen-bond acceptors (Lipinski definition) is 4. The highest BCUT2D eigenvalue weighted by Crippen LogP contribution is 2.13. The van der Waals surface area contributed by atoms with E-state index >= 15 is 0 Å². The second-order valence-corrected chi connectivity index (χ2v) is 2.29. The molecule has 14 heavy (non-hydrogen) atoms. The fourth-order valence-electron chi connectivity index (χ4n) is 0.794. The van der Waals surface area contributed by atoms with Gasteiger partial charge in [0.1, 0.15) is 0 Å². The molecule has 0 aliphatic carbocycles. The Kier molecular flexibility index (Phi) is 2.49. The molecule has 1 heterocycles. The van der Waals surface area contributed by atoms with Crippen molar-refractivity contribution >= 4 is 17.9 Å². The van der Waals surface area contributed by atoms with Crippen LogP contribution in [0.15, 0.2) is 16.4 Å². The largest absolute Gasteiger partial charge is 0.415 e. The number of hydrogen-bond donors (Lipinski definition) is 1. The Balaban J connectivity index is 2.88. The molecule has 8 nitrogen and oxygen atoms in total. The fourth-order valence-corrected chi connectivity index (χ4v) is 0.794. The molecule has 1 rings (SSSR count). The average molecular weight is 196 g/mol. The molecule has 8 heteroatoms. The highest BCUT2D eigenvalue weighted by Gasteiger charge is 2.30. The van der Waals surface area contributed by atoms with Gasteiger partial charge >= 0.3 is 6.09 Å². The van der Waals surface area contributed by atoms with E-state index in [2.05, 4.69) is 14.8 Å². The van der Waals surface area contributed by atoms with Crippen molar-refractivity contribution in [2.24, 2.45) is 5.11 Å². The first-order valence-corrected chi connectivity index (χ1v) is 3.39. The van der Waals surface area contributed by atoms with Gasteiger partial charge in [-0.25, -0.2) is 4.79 Å². The quantitative estimate of drug-likeness (QED) is 0.281. The van der Waals surface area contributed by atoms with Gasteiger partial charge in [0, 0.05) is 10.0 Å². The van der Waals surface area contributed by atoms with Crippen LogP contribution in [-0.4, -0.2) is 17.9 Å². The summed E-state index contributed by atoms with van der Waals surface area (Å²) in [6.07, 6.45) is -1.29. The summed E-state index contributed by atoms with van der Waals surface area (Å²) in [5.41, 5.74) is 7.84. The normalized spacial score (nSPS) is 14.9. The van der Waals surface area contributed by atoms with Crippen molar-refractivity contribution in [3.63, 3.8) is 0 Å².